The molecule has 0 aromatic rings. The van der Waals surface area contributed by atoms with E-state index in [0.29, 0.717) is 18.4 Å². The first-order chi connectivity index (χ1) is 7.60. The molecular formula is C12H22N2O2. The van der Waals surface area contributed by atoms with E-state index in [1.165, 1.54) is 0 Å². The van der Waals surface area contributed by atoms with Crippen LogP contribution < -0.4 is 5.32 Å². The number of ether oxygens (including phenoxy) is 1. The first kappa shape index (κ1) is 13.2. The monoisotopic (exact) mass is 226 g/mol. The van der Waals surface area contributed by atoms with Crippen molar-refractivity contribution in [3.8, 4) is 0 Å². The molecule has 1 aliphatic heterocycles. The number of nitrogens with zero attached hydrogens (tertiary/aromatic N) is 1. The van der Waals surface area contributed by atoms with Crippen LogP contribution in [0.25, 0.3) is 0 Å². The molecule has 2 unspecified atom stereocenters. The summed E-state index contributed by atoms with van der Waals surface area (Å²) in [6.07, 6.45) is 1.69. The number of carbonyl (C=O) groups is 1. The largest absolute Gasteiger partial charge is 0.370 e. The summed E-state index contributed by atoms with van der Waals surface area (Å²) in [5.74, 6) is 1.04. The van der Waals surface area contributed by atoms with Crippen LogP contribution >= 0.6 is 0 Å². The Morgan fingerprint density at radius 1 is 1.44 bits per heavy atom. The highest BCUT2D eigenvalue weighted by Crippen LogP contribution is 2.15. The van der Waals surface area contributed by atoms with Crippen LogP contribution in [0.4, 0.5) is 0 Å². The molecule has 92 valence electrons. The Balaban J connectivity index is 2.71. The van der Waals surface area contributed by atoms with Gasteiger partial charge in [0, 0.05) is 6.61 Å². The van der Waals surface area contributed by atoms with E-state index in [9.17, 15) is 4.79 Å². The average Bonchev–Trinajstić information content (AvgIpc) is 2.57. The minimum absolute atomic E-state index is 0.0159. The molecule has 0 spiro atoms. The topological polar surface area (TPSA) is 50.7 Å². The van der Waals surface area contributed by atoms with Crippen molar-refractivity contribution in [2.24, 2.45) is 10.9 Å². The predicted octanol–water partition coefficient (Wildman–Crippen LogP) is 1.74. The second-order valence-corrected chi connectivity index (χ2v) is 4.43. The molecule has 4 nitrogen and oxygen atoms in total. The highest BCUT2D eigenvalue weighted by atomic mass is 16.5. The molecule has 16 heavy (non-hydrogen) atoms. The molecule has 2 atom stereocenters. The number of amides is 1. The predicted molar refractivity (Wildman–Crippen MR) is 64.5 cm³/mol. The Labute approximate surface area is 97.5 Å². The van der Waals surface area contributed by atoms with E-state index in [1.807, 2.05) is 6.92 Å². The number of aliphatic imine (C=N–C) groups is 1. The summed E-state index contributed by atoms with van der Waals surface area (Å²) >= 11 is 0. The van der Waals surface area contributed by atoms with Crippen LogP contribution in [0.2, 0.25) is 0 Å². The summed E-state index contributed by atoms with van der Waals surface area (Å²) in [6, 6.07) is -0.207. The minimum atomic E-state index is -0.207. The van der Waals surface area contributed by atoms with Crippen molar-refractivity contribution in [1.82, 2.24) is 5.32 Å². The van der Waals surface area contributed by atoms with Gasteiger partial charge < -0.3 is 10.1 Å². The quantitative estimate of drug-likeness (QED) is 0.750. The molecule has 0 fully saturated rings. The zero-order valence-corrected chi connectivity index (χ0v) is 10.6. The van der Waals surface area contributed by atoms with Crippen LogP contribution in [0, 0.1) is 5.92 Å². The summed E-state index contributed by atoms with van der Waals surface area (Å²) in [6.45, 7) is 8.79. The van der Waals surface area contributed by atoms with Crippen LogP contribution in [0.5, 0.6) is 0 Å². The molecule has 1 rings (SSSR count). The fourth-order valence-corrected chi connectivity index (χ4v) is 1.85. The maximum absolute atomic E-state index is 11.6. The van der Waals surface area contributed by atoms with E-state index in [0.717, 1.165) is 12.8 Å². The van der Waals surface area contributed by atoms with Gasteiger partial charge in [0.15, 0.2) is 0 Å². The van der Waals surface area contributed by atoms with Gasteiger partial charge in [0.2, 0.25) is 5.91 Å². The average molecular weight is 226 g/mol. The van der Waals surface area contributed by atoms with Gasteiger partial charge in [0.05, 0.1) is 0 Å². The maximum Gasteiger partial charge on any atom is 0.250 e. The van der Waals surface area contributed by atoms with Crippen molar-refractivity contribution in [3.63, 3.8) is 0 Å². The molecule has 0 radical (unpaired) electrons. The van der Waals surface area contributed by atoms with Gasteiger partial charge in [-0.1, -0.05) is 27.2 Å². The molecule has 0 saturated carbocycles. The van der Waals surface area contributed by atoms with Crippen molar-refractivity contribution < 1.29 is 9.53 Å². The van der Waals surface area contributed by atoms with Crippen LogP contribution in [-0.2, 0) is 9.53 Å². The third-order valence-electron chi connectivity index (χ3n) is 2.63. The number of nitrogens with one attached hydrogen (secondary N) is 1. The second kappa shape index (κ2) is 5.99. The summed E-state index contributed by atoms with van der Waals surface area (Å²) in [7, 11) is 0. The third-order valence-corrected chi connectivity index (χ3v) is 2.63. The highest BCUT2D eigenvalue weighted by molar-refractivity contribution is 6.07. The summed E-state index contributed by atoms with van der Waals surface area (Å²) < 4.78 is 5.62. The van der Waals surface area contributed by atoms with Crippen LogP contribution in [0.1, 0.15) is 40.5 Å². The van der Waals surface area contributed by atoms with Gasteiger partial charge in [-0.3, -0.25) is 9.79 Å². The summed E-state index contributed by atoms with van der Waals surface area (Å²) in [4.78, 5) is 16.1. The van der Waals surface area contributed by atoms with Gasteiger partial charge >= 0.3 is 0 Å². The Hall–Kier alpha value is -0.900. The van der Waals surface area contributed by atoms with Crippen molar-refractivity contribution in [1.29, 1.82) is 0 Å². The molecule has 1 heterocycles. The van der Waals surface area contributed by atoms with E-state index in [4.69, 9.17) is 4.74 Å². The lowest BCUT2D eigenvalue weighted by Crippen LogP contribution is -2.39. The minimum Gasteiger partial charge on any atom is -0.370 e. The lowest BCUT2D eigenvalue weighted by atomic mass is 10.1. The van der Waals surface area contributed by atoms with Gasteiger partial charge in [0.25, 0.3) is 0 Å². The van der Waals surface area contributed by atoms with Gasteiger partial charge in [-0.05, 0) is 19.3 Å². The van der Waals surface area contributed by atoms with E-state index < -0.39 is 0 Å². The molecular weight excluding hydrogens is 204 g/mol. The van der Waals surface area contributed by atoms with Crippen LogP contribution in [-0.4, -0.2) is 30.5 Å². The summed E-state index contributed by atoms with van der Waals surface area (Å²) in [5, 5.41) is 2.84. The maximum atomic E-state index is 11.6. The molecule has 0 saturated heterocycles. The molecule has 0 aliphatic carbocycles. The lowest BCUT2D eigenvalue weighted by Gasteiger charge is -2.20. The zero-order valence-electron chi connectivity index (χ0n) is 10.6. The van der Waals surface area contributed by atoms with E-state index in [1.54, 1.807) is 0 Å². The first-order valence-corrected chi connectivity index (χ1v) is 6.10. The SMILES string of the molecule is CCCC1N=C(C(OCC)C(C)C)NC1=O. The molecule has 1 amide bonds. The van der Waals surface area contributed by atoms with Crippen molar-refractivity contribution in [2.75, 3.05) is 6.61 Å². The highest BCUT2D eigenvalue weighted by Gasteiger charge is 2.31. The number of hydrogen-bond acceptors (Lipinski definition) is 3. The number of rotatable bonds is 6. The lowest BCUT2D eigenvalue weighted by molar-refractivity contribution is -0.120. The number of hydrogen-bond donors (Lipinski definition) is 1. The van der Waals surface area contributed by atoms with Gasteiger partial charge in [-0.2, -0.15) is 0 Å². The normalized spacial score (nSPS) is 22.2. The first-order valence-electron chi connectivity index (χ1n) is 6.10. The van der Waals surface area contributed by atoms with Gasteiger partial charge in [0.1, 0.15) is 18.0 Å². The smallest absolute Gasteiger partial charge is 0.250 e. The van der Waals surface area contributed by atoms with Crippen molar-refractivity contribution >= 4 is 11.7 Å². The number of carbonyl (C=O) groups excluding carboxylic acids is 1. The molecule has 1 N–H and O–H groups in total. The third kappa shape index (κ3) is 3.04. The Kier molecular flexibility index (Phi) is 4.93. The number of amidine groups is 1. The molecule has 0 aromatic heterocycles. The van der Waals surface area contributed by atoms with Gasteiger partial charge in [-0.15, -0.1) is 0 Å². The molecule has 0 aromatic carbocycles. The molecule has 4 heteroatoms. The zero-order chi connectivity index (χ0) is 12.1. The standard InChI is InChI=1S/C12H22N2O2/c1-5-7-9-12(15)14-11(13-9)10(8(3)4)16-6-2/h8-10H,5-7H2,1-4H3,(H,13,14,15). The second-order valence-electron chi connectivity index (χ2n) is 4.43. The summed E-state index contributed by atoms with van der Waals surface area (Å²) in [5.41, 5.74) is 0. The Morgan fingerprint density at radius 2 is 2.12 bits per heavy atom. The van der Waals surface area contributed by atoms with E-state index in [2.05, 4.69) is 31.1 Å². The van der Waals surface area contributed by atoms with E-state index in [-0.39, 0.29) is 18.1 Å². The Morgan fingerprint density at radius 3 is 2.62 bits per heavy atom. The molecule has 0 bridgehead atoms. The molecule has 1 aliphatic rings. The van der Waals surface area contributed by atoms with Gasteiger partial charge in [-0.25, -0.2) is 0 Å². The van der Waals surface area contributed by atoms with Crippen molar-refractivity contribution in [3.05, 3.63) is 0 Å². The van der Waals surface area contributed by atoms with E-state index >= 15 is 0 Å². The van der Waals surface area contributed by atoms with Crippen molar-refractivity contribution in [2.45, 2.75) is 52.7 Å². The van der Waals surface area contributed by atoms with Crippen LogP contribution in [0.15, 0.2) is 4.99 Å². The fourth-order valence-electron chi connectivity index (χ4n) is 1.85. The Bertz CT molecular complexity index is 274. The fraction of sp³-hybridized carbons (Fsp3) is 0.833. The van der Waals surface area contributed by atoms with Crippen LogP contribution in [0.3, 0.4) is 0 Å².